The van der Waals surface area contributed by atoms with E-state index in [9.17, 15) is 9.59 Å². The zero-order valence-corrected chi connectivity index (χ0v) is 11.4. The van der Waals surface area contributed by atoms with Crippen LogP contribution in [0.1, 0.15) is 12.5 Å². The molecule has 0 radical (unpaired) electrons. The quantitative estimate of drug-likeness (QED) is 0.790. The van der Waals surface area contributed by atoms with Gasteiger partial charge in [0.25, 0.3) is 5.91 Å². The highest BCUT2D eigenvalue weighted by Crippen LogP contribution is 2.16. The van der Waals surface area contributed by atoms with Gasteiger partial charge >= 0.3 is 0 Å². The average molecular weight is 267 g/mol. The number of anilines is 1. The van der Waals surface area contributed by atoms with E-state index in [0.717, 1.165) is 5.69 Å². The van der Waals surface area contributed by atoms with Gasteiger partial charge in [-0.1, -0.05) is 17.7 Å². The highest BCUT2D eigenvalue weighted by atomic mass is 32.1. The van der Waals surface area contributed by atoms with Crippen molar-refractivity contribution in [3.05, 3.63) is 29.8 Å². The molecule has 0 saturated carbocycles. The fraction of sp³-hybridized carbons (Fsp3) is 0.385. The summed E-state index contributed by atoms with van der Waals surface area (Å²) < 4.78 is 5.07. The molecule has 1 heterocycles. The molecule has 0 aromatic heterocycles. The average Bonchev–Trinajstić information content (AvgIpc) is 2.30. The molecule has 1 amide bonds. The Labute approximate surface area is 112 Å². The zero-order valence-electron chi connectivity index (χ0n) is 10.5. The monoisotopic (exact) mass is 267 g/mol. The minimum absolute atomic E-state index is 0.0418. The van der Waals surface area contributed by atoms with Crippen LogP contribution in [0.2, 0.25) is 0 Å². The SMILES string of the molecule is CC(=O)S.Cc1ccc(N2CCOCC2=O)cc1. The second kappa shape index (κ2) is 7.18. The molecule has 0 bridgehead atoms. The molecule has 5 heteroatoms. The minimum atomic E-state index is -0.139. The maximum Gasteiger partial charge on any atom is 0.253 e. The van der Waals surface area contributed by atoms with Gasteiger partial charge in [0.15, 0.2) is 5.12 Å². The van der Waals surface area contributed by atoms with Crippen LogP contribution in [0.5, 0.6) is 0 Å². The second-order valence-corrected chi connectivity index (χ2v) is 4.58. The molecule has 0 spiro atoms. The molecule has 0 aliphatic carbocycles. The summed E-state index contributed by atoms with van der Waals surface area (Å²) in [7, 11) is 0. The van der Waals surface area contributed by atoms with Crippen LogP contribution in [0.15, 0.2) is 24.3 Å². The maximum absolute atomic E-state index is 11.5. The predicted octanol–water partition coefficient (Wildman–Crippen LogP) is 1.82. The Hall–Kier alpha value is -1.33. The van der Waals surface area contributed by atoms with Gasteiger partial charge in [0.05, 0.1) is 6.61 Å². The van der Waals surface area contributed by atoms with E-state index in [4.69, 9.17) is 4.74 Å². The fourth-order valence-corrected chi connectivity index (χ4v) is 1.52. The van der Waals surface area contributed by atoms with Crippen LogP contribution in [0, 0.1) is 6.92 Å². The molecule has 0 N–H and O–H groups in total. The van der Waals surface area contributed by atoms with Gasteiger partial charge in [-0.25, -0.2) is 0 Å². The van der Waals surface area contributed by atoms with E-state index in [1.54, 1.807) is 4.90 Å². The number of rotatable bonds is 1. The number of nitrogens with zero attached hydrogens (tertiary/aromatic N) is 1. The molecule has 4 nitrogen and oxygen atoms in total. The van der Waals surface area contributed by atoms with Crippen molar-refractivity contribution >= 4 is 29.3 Å². The van der Waals surface area contributed by atoms with Gasteiger partial charge in [0, 0.05) is 19.2 Å². The predicted molar refractivity (Wildman–Crippen MR) is 74.0 cm³/mol. The van der Waals surface area contributed by atoms with E-state index in [1.165, 1.54) is 12.5 Å². The number of benzene rings is 1. The van der Waals surface area contributed by atoms with Crippen LogP contribution in [-0.4, -0.2) is 30.8 Å². The molecule has 0 atom stereocenters. The van der Waals surface area contributed by atoms with Crippen molar-refractivity contribution in [2.45, 2.75) is 13.8 Å². The number of carbonyl (C=O) groups excluding carboxylic acids is 2. The van der Waals surface area contributed by atoms with Gasteiger partial charge in [-0.05, 0) is 19.1 Å². The van der Waals surface area contributed by atoms with Crippen LogP contribution < -0.4 is 4.90 Å². The van der Waals surface area contributed by atoms with E-state index in [0.29, 0.717) is 13.2 Å². The van der Waals surface area contributed by atoms with Gasteiger partial charge in [-0.2, -0.15) is 0 Å². The molecule has 1 fully saturated rings. The summed E-state index contributed by atoms with van der Waals surface area (Å²) in [5.41, 5.74) is 2.17. The molecule has 0 unspecified atom stereocenters. The third-order valence-electron chi connectivity index (χ3n) is 2.33. The number of ether oxygens (including phenoxy) is 1. The number of amides is 1. The summed E-state index contributed by atoms with van der Waals surface area (Å²) in [6, 6.07) is 7.97. The van der Waals surface area contributed by atoms with Crippen LogP contribution in [-0.2, 0) is 14.3 Å². The second-order valence-electron chi connectivity index (χ2n) is 3.95. The van der Waals surface area contributed by atoms with E-state index < -0.39 is 0 Å². The molecule has 1 aliphatic rings. The number of thiol groups is 1. The summed E-state index contributed by atoms with van der Waals surface area (Å²) >= 11 is 3.33. The molecule has 1 aromatic carbocycles. The Morgan fingerprint density at radius 2 is 1.89 bits per heavy atom. The lowest BCUT2D eigenvalue weighted by Gasteiger charge is -2.26. The normalized spacial score (nSPS) is 14.8. The zero-order chi connectivity index (χ0) is 13.5. The summed E-state index contributed by atoms with van der Waals surface area (Å²) in [4.78, 5) is 22.6. The number of aryl methyl sites for hydroxylation is 1. The maximum atomic E-state index is 11.5. The van der Waals surface area contributed by atoms with Crippen molar-refractivity contribution < 1.29 is 14.3 Å². The molecular formula is C13H17NO3S. The van der Waals surface area contributed by atoms with Gasteiger partial charge in [0.1, 0.15) is 6.61 Å². The Morgan fingerprint density at radius 3 is 2.39 bits per heavy atom. The Kier molecular flexibility index (Phi) is 5.88. The highest BCUT2D eigenvalue weighted by Gasteiger charge is 2.19. The molecule has 2 rings (SSSR count). The van der Waals surface area contributed by atoms with Gasteiger partial charge < -0.3 is 9.64 Å². The van der Waals surface area contributed by atoms with Crippen LogP contribution >= 0.6 is 12.6 Å². The number of carbonyl (C=O) groups is 2. The van der Waals surface area contributed by atoms with Crippen molar-refractivity contribution in [1.82, 2.24) is 0 Å². The summed E-state index contributed by atoms with van der Waals surface area (Å²) in [6.45, 7) is 4.91. The first kappa shape index (κ1) is 14.7. The van der Waals surface area contributed by atoms with Crippen molar-refractivity contribution in [1.29, 1.82) is 0 Å². The third-order valence-corrected chi connectivity index (χ3v) is 2.33. The number of hydrogen-bond donors (Lipinski definition) is 1. The van der Waals surface area contributed by atoms with Gasteiger partial charge in [0.2, 0.25) is 0 Å². The topological polar surface area (TPSA) is 46.6 Å². The Bertz CT molecular complexity index is 413. The molecular weight excluding hydrogens is 250 g/mol. The molecule has 98 valence electrons. The smallest absolute Gasteiger partial charge is 0.253 e. The van der Waals surface area contributed by atoms with Crippen LogP contribution in [0.3, 0.4) is 0 Å². The first-order valence-electron chi connectivity index (χ1n) is 5.65. The highest BCUT2D eigenvalue weighted by molar-refractivity contribution is 7.96. The molecule has 1 saturated heterocycles. The van der Waals surface area contributed by atoms with Crippen LogP contribution in [0.25, 0.3) is 0 Å². The largest absolute Gasteiger partial charge is 0.370 e. The third kappa shape index (κ3) is 4.89. The number of hydrogen-bond acceptors (Lipinski definition) is 3. The van der Waals surface area contributed by atoms with Gasteiger partial charge in [-0.15, -0.1) is 12.6 Å². The summed E-state index contributed by atoms with van der Waals surface area (Å²) in [5, 5.41) is -0.139. The van der Waals surface area contributed by atoms with E-state index >= 15 is 0 Å². The summed E-state index contributed by atoms with van der Waals surface area (Å²) in [6.07, 6.45) is 0. The molecule has 18 heavy (non-hydrogen) atoms. The Balaban J connectivity index is 0.000000357. The lowest BCUT2D eigenvalue weighted by atomic mass is 10.2. The first-order valence-corrected chi connectivity index (χ1v) is 6.09. The van der Waals surface area contributed by atoms with Crippen molar-refractivity contribution in [2.75, 3.05) is 24.7 Å². The van der Waals surface area contributed by atoms with Crippen molar-refractivity contribution in [2.24, 2.45) is 0 Å². The van der Waals surface area contributed by atoms with E-state index in [1.807, 2.05) is 31.2 Å². The van der Waals surface area contributed by atoms with E-state index in [-0.39, 0.29) is 17.6 Å². The summed E-state index contributed by atoms with van der Waals surface area (Å²) in [5.74, 6) is 0.0418. The van der Waals surface area contributed by atoms with E-state index in [2.05, 4.69) is 12.6 Å². The van der Waals surface area contributed by atoms with Crippen LogP contribution in [0.4, 0.5) is 5.69 Å². The molecule has 1 aliphatic heterocycles. The van der Waals surface area contributed by atoms with Crippen molar-refractivity contribution in [3.63, 3.8) is 0 Å². The lowest BCUT2D eigenvalue weighted by Crippen LogP contribution is -2.41. The number of morpholine rings is 1. The lowest BCUT2D eigenvalue weighted by molar-refractivity contribution is -0.125. The first-order chi connectivity index (χ1) is 8.50. The standard InChI is InChI=1S/C11H13NO2.C2H4OS/c1-9-2-4-10(5-3-9)12-6-7-14-8-11(12)13;1-2(3)4/h2-5H,6-8H2,1H3;1H3,(H,3,4). The fourth-order valence-electron chi connectivity index (χ4n) is 1.52. The molecule has 1 aromatic rings. The van der Waals surface area contributed by atoms with Gasteiger partial charge in [-0.3, -0.25) is 9.59 Å². The Morgan fingerprint density at radius 1 is 1.33 bits per heavy atom. The minimum Gasteiger partial charge on any atom is -0.370 e. The van der Waals surface area contributed by atoms with Crippen molar-refractivity contribution in [3.8, 4) is 0 Å².